The predicted molar refractivity (Wildman–Crippen MR) is 138 cm³/mol. The molecule has 0 aliphatic carbocycles. The predicted octanol–water partition coefficient (Wildman–Crippen LogP) is 5.14. The summed E-state index contributed by atoms with van der Waals surface area (Å²) in [6.45, 7) is 12.2. The molecule has 0 atom stereocenters. The molecular formula is C26H35N3O3S. The number of amides is 2. The molecule has 0 saturated heterocycles. The average molecular weight is 470 g/mol. The van der Waals surface area contributed by atoms with Gasteiger partial charge in [-0.25, -0.2) is 0 Å². The summed E-state index contributed by atoms with van der Waals surface area (Å²) in [7, 11) is 0. The Hall–Kier alpha value is -2.93. The number of carbonyl (C=O) groups excluding carboxylic acids is 2. The van der Waals surface area contributed by atoms with Crippen LogP contribution in [0.5, 0.6) is 5.75 Å². The largest absolute Gasteiger partial charge is 0.493 e. The average Bonchev–Trinajstić information content (AvgIpc) is 2.73. The van der Waals surface area contributed by atoms with Crippen LogP contribution in [0.2, 0.25) is 0 Å². The van der Waals surface area contributed by atoms with Crippen molar-refractivity contribution >= 4 is 34.8 Å². The highest BCUT2D eigenvalue weighted by atomic mass is 32.1. The number of anilines is 1. The molecule has 0 radical (unpaired) electrons. The first-order valence-corrected chi connectivity index (χ1v) is 11.6. The minimum absolute atomic E-state index is 0.0691. The van der Waals surface area contributed by atoms with Crippen LogP contribution in [0.4, 0.5) is 5.69 Å². The summed E-state index contributed by atoms with van der Waals surface area (Å²) in [5.41, 5.74) is 2.91. The zero-order valence-corrected chi connectivity index (χ0v) is 21.2. The maximum absolute atomic E-state index is 12.7. The van der Waals surface area contributed by atoms with Crippen LogP contribution in [0.15, 0.2) is 42.5 Å². The monoisotopic (exact) mass is 469 g/mol. The zero-order chi connectivity index (χ0) is 24.6. The van der Waals surface area contributed by atoms with E-state index in [2.05, 4.69) is 22.0 Å². The molecule has 0 aliphatic heterocycles. The third-order valence-corrected chi connectivity index (χ3v) is 5.42. The van der Waals surface area contributed by atoms with Crippen molar-refractivity contribution in [2.24, 2.45) is 5.41 Å². The van der Waals surface area contributed by atoms with Gasteiger partial charge in [-0.3, -0.25) is 9.59 Å². The summed E-state index contributed by atoms with van der Waals surface area (Å²) in [5.74, 6) is 0.603. The zero-order valence-electron chi connectivity index (χ0n) is 20.4. The van der Waals surface area contributed by atoms with Gasteiger partial charge in [-0.2, -0.15) is 0 Å². The molecule has 6 nitrogen and oxygen atoms in total. The summed E-state index contributed by atoms with van der Waals surface area (Å²) >= 11 is 5.30. The van der Waals surface area contributed by atoms with Crippen LogP contribution < -0.4 is 20.7 Å². The molecule has 0 bridgehead atoms. The minimum atomic E-state index is -0.602. The molecule has 2 aromatic carbocycles. The standard InChI is InChI=1S/C26H35N3O3S/c1-17(2)27-23(30)20-10-12-21(13-11-20)28-25(33)29-24(31)26(5,6)14-7-15-32-22-16-18(3)8-9-19(22)4/h8-13,16-17H,7,14-15H2,1-6H3,(H,27,30)(H2,28,29,31,33). The Labute approximate surface area is 202 Å². The SMILES string of the molecule is Cc1ccc(C)c(OCCCC(C)(C)C(=O)NC(=S)Nc2ccc(C(=O)NC(C)C)cc2)c1. The number of hydrogen-bond acceptors (Lipinski definition) is 4. The molecule has 0 unspecified atom stereocenters. The Balaban J connectivity index is 1.80. The second kappa shape index (κ2) is 11.8. The van der Waals surface area contributed by atoms with Gasteiger partial charge in [0.1, 0.15) is 5.75 Å². The van der Waals surface area contributed by atoms with Gasteiger partial charge in [0.2, 0.25) is 5.91 Å². The van der Waals surface area contributed by atoms with Crippen LogP contribution >= 0.6 is 12.2 Å². The van der Waals surface area contributed by atoms with E-state index < -0.39 is 5.41 Å². The second-order valence-corrected chi connectivity index (χ2v) is 9.63. The molecule has 0 aliphatic rings. The number of aryl methyl sites for hydroxylation is 2. The highest BCUT2D eigenvalue weighted by Crippen LogP contribution is 2.24. The number of thiocarbonyl (C=S) groups is 1. The summed E-state index contributed by atoms with van der Waals surface area (Å²) in [6.07, 6.45) is 1.40. The number of benzene rings is 2. The normalized spacial score (nSPS) is 11.1. The minimum Gasteiger partial charge on any atom is -0.493 e. The van der Waals surface area contributed by atoms with Crippen molar-refractivity contribution in [3.63, 3.8) is 0 Å². The summed E-state index contributed by atoms with van der Waals surface area (Å²) in [4.78, 5) is 24.8. The molecule has 2 rings (SSSR count). The highest BCUT2D eigenvalue weighted by Gasteiger charge is 2.28. The lowest BCUT2D eigenvalue weighted by Gasteiger charge is -2.24. The molecular weight excluding hydrogens is 434 g/mol. The van der Waals surface area contributed by atoms with Gasteiger partial charge in [0.15, 0.2) is 5.11 Å². The third-order valence-electron chi connectivity index (χ3n) is 5.21. The van der Waals surface area contributed by atoms with Crippen LogP contribution in [0.1, 0.15) is 62.0 Å². The number of ether oxygens (including phenoxy) is 1. The lowest BCUT2D eigenvalue weighted by Crippen LogP contribution is -2.42. The Bertz CT molecular complexity index is 985. The molecule has 0 heterocycles. The van der Waals surface area contributed by atoms with E-state index in [-0.39, 0.29) is 23.0 Å². The van der Waals surface area contributed by atoms with Gasteiger partial charge in [-0.05, 0) is 94.2 Å². The van der Waals surface area contributed by atoms with Crippen LogP contribution in [-0.2, 0) is 4.79 Å². The molecule has 178 valence electrons. The van der Waals surface area contributed by atoms with Crippen molar-refractivity contribution in [1.82, 2.24) is 10.6 Å². The van der Waals surface area contributed by atoms with Crippen molar-refractivity contribution in [2.75, 3.05) is 11.9 Å². The molecule has 2 amide bonds. The van der Waals surface area contributed by atoms with Gasteiger partial charge in [0.25, 0.3) is 5.91 Å². The first kappa shape index (κ1) is 26.3. The smallest absolute Gasteiger partial charge is 0.251 e. The first-order chi connectivity index (χ1) is 15.5. The fraction of sp³-hybridized carbons (Fsp3) is 0.423. The quantitative estimate of drug-likeness (QED) is 0.350. The number of carbonyl (C=O) groups is 2. The van der Waals surface area contributed by atoms with Crippen molar-refractivity contribution < 1.29 is 14.3 Å². The van der Waals surface area contributed by atoms with Gasteiger partial charge in [-0.1, -0.05) is 26.0 Å². The second-order valence-electron chi connectivity index (χ2n) is 9.22. The van der Waals surface area contributed by atoms with Crippen molar-refractivity contribution in [1.29, 1.82) is 0 Å². The van der Waals surface area contributed by atoms with E-state index in [1.165, 1.54) is 0 Å². The van der Waals surface area contributed by atoms with Crippen LogP contribution in [0.25, 0.3) is 0 Å². The fourth-order valence-corrected chi connectivity index (χ4v) is 3.37. The molecule has 33 heavy (non-hydrogen) atoms. The van der Waals surface area contributed by atoms with Gasteiger partial charge in [0, 0.05) is 22.7 Å². The molecule has 3 N–H and O–H groups in total. The molecule has 0 aromatic heterocycles. The molecule has 0 fully saturated rings. The van der Waals surface area contributed by atoms with E-state index in [1.54, 1.807) is 24.3 Å². The lowest BCUT2D eigenvalue weighted by molar-refractivity contribution is -0.128. The fourth-order valence-electron chi connectivity index (χ4n) is 3.16. The summed E-state index contributed by atoms with van der Waals surface area (Å²) < 4.78 is 5.90. The van der Waals surface area contributed by atoms with E-state index in [1.807, 2.05) is 53.7 Å². The Morgan fingerprint density at radius 3 is 2.36 bits per heavy atom. The van der Waals surface area contributed by atoms with Crippen molar-refractivity contribution in [3.8, 4) is 5.75 Å². The Kier molecular flexibility index (Phi) is 9.41. The van der Waals surface area contributed by atoms with Crippen molar-refractivity contribution in [3.05, 3.63) is 59.2 Å². The van der Waals surface area contributed by atoms with Crippen LogP contribution in [0.3, 0.4) is 0 Å². The van der Waals surface area contributed by atoms with E-state index in [9.17, 15) is 9.59 Å². The topological polar surface area (TPSA) is 79.5 Å². The summed E-state index contributed by atoms with van der Waals surface area (Å²) in [6, 6.07) is 13.1. The maximum Gasteiger partial charge on any atom is 0.251 e. The van der Waals surface area contributed by atoms with E-state index in [4.69, 9.17) is 17.0 Å². The van der Waals surface area contributed by atoms with Gasteiger partial charge < -0.3 is 20.7 Å². The van der Waals surface area contributed by atoms with Gasteiger partial charge in [-0.15, -0.1) is 0 Å². The van der Waals surface area contributed by atoms with Crippen LogP contribution in [-0.4, -0.2) is 29.6 Å². The lowest BCUT2D eigenvalue weighted by atomic mass is 9.87. The molecule has 0 spiro atoms. The number of nitrogens with one attached hydrogen (secondary N) is 3. The van der Waals surface area contributed by atoms with Gasteiger partial charge >= 0.3 is 0 Å². The molecule has 0 saturated carbocycles. The number of hydrogen-bond donors (Lipinski definition) is 3. The third kappa shape index (κ3) is 8.50. The summed E-state index contributed by atoms with van der Waals surface area (Å²) in [5, 5.41) is 8.83. The molecule has 2 aromatic rings. The Morgan fingerprint density at radius 1 is 1.06 bits per heavy atom. The van der Waals surface area contributed by atoms with E-state index >= 15 is 0 Å². The number of rotatable bonds is 9. The van der Waals surface area contributed by atoms with E-state index in [0.717, 1.165) is 23.3 Å². The van der Waals surface area contributed by atoms with Crippen LogP contribution in [0, 0.1) is 19.3 Å². The van der Waals surface area contributed by atoms with E-state index in [0.29, 0.717) is 24.3 Å². The highest BCUT2D eigenvalue weighted by molar-refractivity contribution is 7.80. The Morgan fingerprint density at radius 2 is 1.73 bits per heavy atom. The van der Waals surface area contributed by atoms with Gasteiger partial charge in [0.05, 0.1) is 6.61 Å². The van der Waals surface area contributed by atoms with Crippen molar-refractivity contribution in [2.45, 2.75) is 60.4 Å². The molecule has 7 heteroatoms. The first-order valence-electron chi connectivity index (χ1n) is 11.2. The maximum atomic E-state index is 12.7.